The fourth-order valence-corrected chi connectivity index (χ4v) is 3.96. The van der Waals surface area contributed by atoms with Crippen LogP contribution in [0.1, 0.15) is 19.4 Å². The molecule has 36 heavy (non-hydrogen) atoms. The molecule has 0 aliphatic carbocycles. The van der Waals surface area contributed by atoms with Crippen molar-refractivity contribution in [1.29, 1.82) is 5.26 Å². The monoisotopic (exact) mass is 524 g/mol. The number of H-pyrrole nitrogens is 2. The first-order valence-electron chi connectivity index (χ1n) is 11.4. The second-order valence-corrected chi connectivity index (χ2v) is 8.32. The molecule has 0 aliphatic heterocycles. The van der Waals surface area contributed by atoms with E-state index in [2.05, 4.69) is 20.8 Å². The summed E-state index contributed by atoms with van der Waals surface area (Å²) in [6.07, 6.45) is 3.89. The molecule has 1 heterocycles. The molecule has 1 atom stereocenters. The lowest BCUT2D eigenvalue weighted by Crippen LogP contribution is -2.14. The van der Waals surface area contributed by atoms with Crippen LogP contribution in [0.25, 0.3) is 5.69 Å². The summed E-state index contributed by atoms with van der Waals surface area (Å²) in [6.45, 7) is 4.99. The highest BCUT2D eigenvalue weighted by molar-refractivity contribution is 7.72. The number of carbonyl (C=O) groups is 1. The molecular weight excluding hydrogens is 496 g/mol. The minimum Gasteiger partial charge on any atom is -0.473 e. The van der Waals surface area contributed by atoms with Gasteiger partial charge in [-0.2, -0.15) is 5.26 Å². The molecule has 0 saturated carbocycles. The van der Waals surface area contributed by atoms with Crippen molar-refractivity contribution in [2.45, 2.75) is 20.3 Å². The average Bonchev–Trinajstić information content (AvgIpc) is 3.21. The minimum absolute atomic E-state index is 0.239. The van der Waals surface area contributed by atoms with E-state index in [1.807, 2.05) is 55.5 Å². The lowest BCUT2D eigenvalue weighted by molar-refractivity contribution is -0.144. The van der Waals surface area contributed by atoms with E-state index in [1.54, 1.807) is 23.6 Å². The molecule has 2 aromatic carbocycles. The van der Waals surface area contributed by atoms with Crippen molar-refractivity contribution in [3.05, 3.63) is 69.7 Å². The van der Waals surface area contributed by atoms with Gasteiger partial charge in [-0.05, 0) is 92.7 Å². The fourth-order valence-electron chi connectivity index (χ4n) is 3.41. The van der Waals surface area contributed by atoms with Crippen LogP contribution in [0.4, 0.5) is 11.4 Å². The zero-order valence-electron chi connectivity index (χ0n) is 20.0. The number of aromatic nitrogens is 3. The highest BCUT2D eigenvalue weighted by Crippen LogP contribution is 2.24. The van der Waals surface area contributed by atoms with E-state index in [0.29, 0.717) is 21.7 Å². The van der Waals surface area contributed by atoms with E-state index < -0.39 is 11.9 Å². The fraction of sp³-hybridized carbons (Fsp3) is 0.280. The third kappa shape index (κ3) is 7.07. The van der Waals surface area contributed by atoms with Gasteiger partial charge in [-0.15, -0.1) is 0 Å². The van der Waals surface area contributed by atoms with Gasteiger partial charge in [0.25, 0.3) is 0 Å². The molecule has 3 rings (SSSR count). The number of allylic oxidation sites excluding steroid dienone is 1. The molecule has 0 saturated heterocycles. The Morgan fingerprint density at radius 1 is 1.14 bits per heavy atom. The third-order valence-electron chi connectivity index (χ3n) is 5.11. The molecule has 4 N–H and O–H groups in total. The molecule has 0 fully saturated rings. The number of aromatic amines is 2. The molecule has 0 aliphatic rings. The summed E-state index contributed by atoms with van der Waals surface area (Å²) in [7, 11) is 0. The van der Waals surface area contributed by atoms with Crippen molar-refractivity contribution in [3.8, 4) is 17.5 Å². The number of nitriles is 1. The summed E-state index contributed by atoms with van der Waals surface area (Å²) in [6, 6.07) is 15.4. The topological polar surface area (TPSA) is 120 Å². The molecule has 3 aromatic rings. The first-order valence-corrected chi connectivity index (χ1v) is 12.2. The van der Waals surface area contributed by atoms with Gasteiger partial charge in [0, 0.05) is 17.9 Å². The molecule has 1 unspecified atom stereocenters. The van der Waals surface area contributed by atoms with Crippen molar-refractivity contribution in [2.75, 3.05) is 30.5 Å². The SMILES string of the molecule is CCNc1ccc(OCNc2ccc(-n3c(=S)[nH][nH]c3=S)cc2)cc1C/C=C\C(C#N)C(=O)OCC. The highest BCUT2D eigenvalue weighted by atomic mass is 32.1. The Bertz CT molecular complexity index is 1320. The van der Waals surface area contributed by atoms with Gasteiger partial charge >= 0.3 is 5.97 Å². The zero-order chi connectivity index (χ0) is 25.9. The molecule has 0 radical (unpaired) electrons. The second-order valence-electron chi connectivity index (χ2n) is 7.55. The molecule has 0 spiro atoms. The van der Waals surface area contributed by atoms with Crippen LogP contribution in [-0.4, -0.2) is 40.6 Å². The van der Waals surface area contributed by atoms with Gasteiger partial charge < -0.3 is 20.1 Å². The molecule has 0 amide bonds. The zero-order valence-corrected chi connectivity index (χ0v) is 21.7. The normalized spacial score (nSPS) is 11.6. The second kappa shape index (κ2) is 13.3. The van der Waals surface area contributed by atoms with Crippen molar-refractivity contribution in [3.63, 3.8) is 0 Å². The van der Waals surface area contributed by atoms with Crippen LogP contribution in [0.15, 0.2) is 54.6 Å². The van der Waals surface area contributed by atoms with Crippen LogP contribution in [0.5, 0.6) is 5.75 Å². The van der Waals surface area contributed by atoms with E-state index in [1.165, 1.54) is 0 Å². The predicted molar refractivity (Wildman–Crippen MR) is 144 cm³/mol. The van der Waals surface area contributed by atoms with E-state index in [4.69, 9.17) is 33.9 Å². The van der Waals surface area contributed by atoms with Crippen LogP contribution >= 0.6 is 24.4 Å². The number of anilines is 2. The van der Waals surface area contributed by atoms with Crippen LogP contribution < -0.4 is 15.4 Å². The summed E-state index contributed by atoms with van der Waals surface area (Å²) in [5, 5.41) is 21.4. The predicted octanol–water partition coefficient (Wildman–Crippen LogP) is 5.27. The molecule has 188 valence electrons. The molecular formula is C25H28N6O3S2. The number of carbonyl (C=O) groups excluding carboxylic acids is 1. The van der Waals surface area contributed by atoms with Crippen molar-refractivity contribution >= 4 is 41.8 Å². The number of ether oxygens (including phenoxy) is 2. The summed E-state index contributed by atoms with van der Waals surface area (Å²) in [5.41, 5.74) is 3.68. The van der Waals surface area contributed by atoms with E-state index in [9.17, 15) is 10.1 Å². The van der Waals surface area contributed by atoms with Crippen LogP contribution in [0.3, 0.4) is 0 Å². The van der Waals surface area contributed by atoms with Crippen molar-refractivity contribution in [2.24, 2.45) is 5.92 Å². The lowest BCUT2D eigenvalue weighted by Gasteiger charge is -2.14. The van der Waals surface area contributed by atoms with Gasteiger partial charge in [0.1, 0.15) is 5.75 Å². The van der Waals surface area contributed by atoms with Gasteiger partial charge in [-0.25, -0.2) is 0 Å². The Labute approximate surface area is 219 Å². The number of hydrogen-bond donors (Lipinski definition) is 4. The Hall–Kier alpha value is -3.88. The smallest absolute Gasteiger partial charge is 0.327 e. The summed E-state index contributed by atoms with van der Waals surface area (Å²) in [4.78, 5) is 11.8. The summed E-state index contributed by atoms with van der Waals surface area (Å²) < 4.78 is 13.6. The molecule has 0 bridgehead atoms. The Morgan fingerprint density at radius 3 is 2.50 bits per heavy atom. The number of hydrogen-bond acceptors (Lipinski definition) is 8. The average molecular weight is 525 g/mol. The summed E-state index contributed by atoms with van der Waals surface area (Å²) >= 11 is 10.5. The summed E-state index contributed by atoms with van der Waals surface area (Å²) in [5.74, 6) is -0.776. The maximum absolute atomic E-state index is 11.8. The third-order valence-corrected chi connectivity index (χ3v) is 5.68. The maximum atomic E-state index is 11.8. The van der Waals surface area contributed by atoms with Crippen LogP contribution in [0.2, 0.25) is 0 Å². The minimum atomic E-state index is -0.924. The Morgan fingerprint density at radius 2 is 1.86 bits per heavy atom. The van der Waals surface area contributed by atoms with Gasteiger partial charge in [0.05, 0.1) is 18.4 Å². The number of esters is 1. The van der Waals surface area contributed by atoms with Crippen LogP contribution in [0, 0.1) is 26.8 Å². The highest BCUT2D eigenvalue weighted by Gasteiger charge is 2.15. The van der Waals surface area contributed by atoms with Crippen molar-refractivity contribution < 1.29 is 14.3 Å². The van der Waals surface area contributed by atoms with Gasteiger partial charge in [-0.3, -0.25) is 19.6 Å². The number of rotatable bonds is 12. The lowest BCUT2D eigenvalue weighted by atomic mass is 10.1. The van der Waals surface area contributed by atoms with Crippen molar-refractivity contribution in [1.82, 2.24) is 14.8 Å². The quantitative estimate of drug-likeness (QED) is 0.109. The molecule has 9 nitrogen and oxygen atoms in total. The molecule has 11 heteroatoms. The van der Waals surface area contributed by atoms with Crippen LogP contribution in [-0.2, 0) is 16.0 Å². The first-order chi connectivity index (χ1) is 17.5. The van der Waals surface area contributed by atoms with Gasteiger partial charge in [0.15, 0.2) is 22.2 Å². The number of nitrogens with zero attached hydrogens (tertiary/aromatic N) is 2. The Balaban J connectivity index is 1.62. The largest absolute Gasteiger partial charge is 0.473 e. The van der Waals surface area contributed by atoms with E-state index >= 15 is 0 Å². The van der Waals surface area contributed by atoms with Gasteiger partial charge in [-0.1, -0.05) is 12.2 Å². The number of nitrogens with one attached hydrogen (secondary N) is 4. The maximum Gasteiger partial charge on any atom is 0.327 e. The van der Waals surface area contributed by atoms with Gasteiger partial charge in [0.2, 0.25) is 0 Å². The number of benzene rings is 2. The van der Waals surface area contributed by atoms with E-state index in [-0.39, 0.29) is 13.3 Å². The molecule has 1 aromatic heterocycles. The standard InChI is InChI=1S/C25H28N6O3S2/c1-3-27-22-13-12-21(14-17(22)6-5-7-18(15-26)23(32)33-4-2)34-16-28-19-8-10-20(11-9-19)31-24(35)29-30-25(31)36/h5,7-14,18,27-28H,3-4,6,16H2,1-2H3,(H,29,35)(H,30,36)/b7-5-. The Kier molecular flexibility index (Phi) is 9.85. The van der Waals surface area contributed by atoms with E-state index in [0.717, 1.165) is 29.2 Å². The first kappa shape index (κ1) is 26.7.